The minimum atomic E-state index is -0.576. The van der Waals surface area contributed by atoms with Crippen LogP contribution in [0.15, 0.2) is 42.5 Å². The molecule has 3 rings (SSSR count). The van der Waals surface area contributed by atoms with Crippen LogP contribution in [0.1, 0.15) is 27.3 Å². The molecular formula is C20H21N5O3. The van der Waals surface area contributed by atoms with Gasteiger partial charge in [-0.1, -0.05) is 23.8 Å². The number of carbonyl (C=O) groups excluding carboxylic acids is 2. The summed E-state index contributed by atoms with van der Waals surface area (Å²) in [5, 5.41) is 11.5. The van der Waals surface area contributed by atoms with Gasteiger partial charge in [-0.25, -0.2) is 0 Å². The number of carbonyl (C=O) groups is 2. The first-order valence-electron chi connectivity index (χ1n) is 8.67. The van der Waals surface area contributed by atoms with Gasteiger partial charge >= 0.3 is 0 Å². The molecule has 8 nitrogen and oxygen atoms in total. The highest BCUT2D eigenvalue weighted by molar-refractivity contribution is 6.03. The number of amides is 2. The van der Waals surface area contributed by atoms with Crippen LogP contribution in [-0.4, -0.2) is 33.4 Å². The van der Waals surface area contributed by atoms with E-state index in [1.165, 1.54) is 4.80 Å². The Morgan fingerprint density at radius 3 is 2.61 bits per heavy atom. The number of ether oxygens (including phenoxy) is 1. The van der Waals surface area contributed by atoms with Crippen LogP contribution in [0.3, 0.4) is 0 Å². The predicted octanol–water partition coefficient (Wildman–Crippen LogP) is 2.31. The van der Waals surface area contributed by atoms with Crippen LogP contribution in [0.4, 0.5) is 5.69 Å². The van der Waals surface area contributed by atoms with Crippen molar-refractivity contribution in [2.45, 2.75) is 20.8 Å². The van der Waals surface area contributed by atoms with E-state index < -0.39 is 5.91 Å². The number of nitrogens with zero attached hydrogens (tertiary/aromatic N) is 3. The summed E-state index contributed by atoms with van der Waals surface area (Å²) in [7, 11) is 0. The summed E-state index contributed by atoms with van der Waals surface area (Å²) in [6.07, 6.45) is 0. The van der Waals surface area contributed by atoms with E-state index in [1.807, 2.05) is 32.0 Å². The van der Waals surface area contributed by atoms with Gasteiger partial charge in [0.05, 0.1) is 11.4 Å². The monoisotopic (exact) mass is 379 g/mol. The average Bonchev–Trinajstić information content (AvgIpc) is 3.02. The maximum absolute atomic E-state index is 12.7. The van der Waals surface area contributed by atoms with Gasteiger partial charge in [-0.3, -0.25) is 9.59 Å². The lowest BCUT2D eigenvalue weighted by Crippen LogP contribution is -2.20. The molecule has 0 fully saturated rings. The maximum Gasteiger partial charge on any atom is 0.278 e. The second kappa shape index (κ2) is 7.91. The minimum Gasteiger partial charge on any atom is -0.484 e. The minimum absolute atomic E-state index is 0.225. The largest absolute Gasteiger partial charge is 0.484 e. The molecule has 8 heteroatoms. The Morgan fingerprint density at radius 1 is 1.11 bits per heavy atom. The number of aryl methyl sites for hydroxylation is 3. The molecule has 28 heavy (non-hydrogen) atoms. The molecule has 1 heterocycles. The van der Waals surface area contributed by atoms with Crippen molar-refractivity contribution in [1.82, 2.24) is 15.0 Å². The zero-order chi connectivity index (χ0) is 20.3. The van der Waals surface area contributed by atoms with Crippen molar-refractivity contribution < 1.29 is 14.3 Å². The normalized spacial score (nSPS) is 10.5. The van der Waals surface area contributed by atoms with E-state index in [9.17, 15) is 9.59 Å². The molecule has 0 aliphatic carbocycles. The molecule has 2 aromatic carbocycles. The van der Waals surface area contributed by atoms with Gasteiger partial charge in [0.25, 0.3) is 11.8 Å². The highest BCUT2D eigenvalue weighted by atomic mass is 16.5. The van der Waals surface area contributed by atoms with Crippen molar-refractivity contribution >= 4 is 17.5 Å². The molecule has 0 bridgehead atoms. The number of nitrogens with two attached hydrogens (primary N) is 1. The Balaban J connectivity index is 1.79. The van der Waals surface area contributed by atoms with Gasteiger partial charge in [0.15, 0.2) is 12.3 Å². The molecule has 0 radical (unpaired) electrons. The smallest absolute Gasteiger partial charge is 0.278 e. The lowest BCUT2D eigenvalue weighted by molar-refractivity contribution is -0.119. The Bertz CT molecular complexity index is 1040. The first kappa shape index (κ1) is 19.1. The zero-order valence-electron chi connectivity index (χ0n) is 15.9. The van der Waals surface area contributed by atoms with Crippen LogP contribution in [0.5, 0.6) is 5.75 Å². The molecule has 0 aliphatic heterocycles. The third kappa shape index (κ3) is 4.35. The third-order valence-corrected chi connectivity index (χ3v) is 4.04. The fourth-order valence-corrected chi connectivity index (χ4v) is 2.73. The summed E-state index contributed by atoms with van der Waals surface area (Å²) in [5.41, 5.74) is 9.28. The van der Waals surface area contributed by atoms with Crippen molar-refractivity contribution in [3.63, 3.8) is 0 Å². The fraction of sp³-hybridized carbons (Fsp3) is 0.200. The lowest BCUT2D eigenvalue weighted by Gasteiger charge is -2.07. The van der Waals surface area contributed by atoms with E-state index in [0.29, 0.717) is 17.1 Å². The highest BCUT2D eigenvalue weighted by Crippen LogP contribution is 2.19. The summed E-state index contributed by atoms with van der Waals surface area (Å²) in [5.74, 6) is -0.541. The van der Waals surface area contributed by atoms with E-state index in [1.54, 1.807) is 31.2 Å². The molecule has 2 amide bonds. The molecule has 0 aliphatic rings. The number of nitrogens with one attached hydrogen (secondary N) is 1. The number of benzene rings is 2. The predicted molar refractivity (Wildman–Crippen MR) is 105 cm³/mol. The molecule has 3 aromatic rings. The molecule has 144 valence electrons. The summed E-state index contributed by atoms with van der Waals surface area (Å²) in [6, 6.07) is 12.6. The number of anilines is 1. The molecule has 0 unspecified atom stereocenters. The molecule has 0 saturated heterocycles. The number of hydrogen-bond donors (Lipinski definition) is 2. The molecule has 0 atom stereocenters. The summed E-state index contributed by atoms with van der Waals surface area (Å²) in [4.78, 5) is 24.9. The van der Waals surface area contributed by atoms with Gasteiger partial charge in [-0.05, 0) is 44.5 Å². The SMILES string of the molecule is Cc1ccc(-n2nc(C)c(C(=O)Nc3cccc(OCC(N)=O)c3)n2)c(C)c1. The lowest BCUT2D eigenvalue weighted by atomic mass is 10.1. The Labute approximate surface area is 162 Å². The quantitative estimate of drug-likeness (QED) is 0.682. The van der Waals surface area contributed by atoms with Crippen molar-refractivity contribution in [2.24, 2.45) is 5.73 Å². The van der Waals surface area contributed by atoms with E-state index in [4.69, 9.17) is 10.5 Å². The fourth-order valence-electron chi connectivity index (χ4n) is 2.73. The van der Waals surface area contributed by atoms with E-state index >= 15 is 0 Å². The highest BCUT2D eigenvalue weighted by Gasteiger charge is 2.17. The van der Waals surface area contributed by atoms with Gasteiger partial charge in [0, 0.05) is 11.8 Å². The van der Waals surface area contributed by atoms with Crippen LogP contribution in [-0.2, 0) is 4.79 Å². The van der Waals surface area contributed by atoms with Gasteiger partial charge in [0.2, 0.25) is 0 Å². The summed E-state index contributed by atoms with van der Waals surface area (Å²) in [6.45, 7) is 5.48. The van der Waals surface area contributed by atoms with E-state index in [2.05, 4.69) is 15.5 Å². The van der Waals surface area contributed by atoms with Gasteiger partial charge in [-0.2, -0.15) is 9.90 Å². The van der Waals surface area contributed by atoms with Gasteiger partial charge in [-0.15, -0.1) is 5.10 Å². The molecular weight excluding hydrogens is 358 g/mol. The number of hydrogen-bond acceptors (Lipinski definition) is 5. The van der Waals surface area contributed by atoms with E-state index in [-0.39, 0.29) is 18.2 Å². The van der Waals surface area contributed by atoms with Crippen LogP contribution < -0.4 is 15.8 Å². The van der Waals surface area contributed by atoms with Crippen molar-refractivity contribution in [3.8, 4) is 11.4 Å². The molecule has 1 aromatic heterocycles. The topological polar surface area (TPSA) is 112 Å². The standard InChI is InChI=1S/C20H21N5O3/c1-12-7-8-17(13(2)9-12)25-23-14(3)19(24-25)20(27)22-15-5-4-6-16(10-15)28-11-18(21)26/h4-10H,11H2,1-3H3,(H2,21,26)(H,22,27). The third-order valence-electron chi connectivity index (χ3n) is 4.04. The average molecular weight is 379 g/mol. The van der Waals surface area contributed by atoms with Crippen LogP contribution >= 0.6 is 0 Å². The summed E-state index contributed by atoms with van der Waals surface area (Å²) >= 11 is 0. The first-order valence-corrected chi connectivity index (χ1v) is 8.67. The van der Waals surface area contributed by atoms with Crippen LogP contribution in [0.2, 0.25) is 0 Å². The second-order valence-corrected chi connectivity index (χ2v) is 6.45. The van der Waals surface area contributed by atoms with Crippen molar-refractivity contribution in [3.05, 3.63) is 65.0 Å². The molecule has 0 saturated carbocycles. The zero-order valence-corrected chi connectivity index (χ0v) is 15.9. The van der Waals surface area contributed by atoms with Crippen LogP contribution in [0.25, 0.3) is 5.69 Å². The first-order chi connectivity index (χ1) is 13.3. The van der Waals surface area contributed by atoms with Gasteiger partial charge < -0.3 is 15.8 Å². The number of rotatable bonds is 6. The number of primary amides is 1. The summed E-state index contributed by atoms with van der Waals surface area (Å²) < 4.78 is 5.25. The molecule has 0 spiro atoms. The Morgan fingerprint density at radius 2 is 1.89 bits per heavy atom. The second-order valence-electron chi connectivity index (χ2n) is 6.45. The van der Waals surface area contributed by atoms with Gasteiger partial charge in [0.1, 0.15) is 5.75 Å². The molecule has 3 N–H and O–H groups in total. The Kier molecular flexibility index (Phi) is 5.39. The van der Waals surface area contributed by atoms with Crippen molar-refractivity contribution in [1.29, 1.82) is 0 Å². The maximum atomic E-state index is 12.7. The van der Waals surface area contributed by atoms with E-state index in [0.717, 1.165) is 16.8 Å². The van der Waals surface area contributed by atoms with Crippen molar-refractivity contribution in [2.75, 3.05) is 11.9 Å². The number of aromatic nitrogens is 3. The van der Waals surface area contributed by atoms with Crippen LogP contribution in [0, 0.1) is 20.8 Å². The Hall–Kier alpha value is -3.68.